The first-order valence-corrected chi connectivity index (χ1v) is 10.1. The molecule has 0 saturated carbocycles. The molecule has 0 atom stereocenters. The van der Waals surface area contributed by atoms with E-state index in [0.29, 0.717) is 0 Å². The van der Waals surface area contributed by atoms with Crippen LogP contribution in [0.4, 0.5) is 0 Å². The summed E-state index contributed by atoms with van der Waals surface area (Å²) in [5.41, 5.74) is 3.60. The van der Waals surface area contributed by atoms with Crippen molar-refractivity contribution in [2.45, 2.75) is 13.0 Å². The van der Waals surface area contributed by atoms with Crippen LogP contribution in [0.1, 0.15) is 12.0 Å². The van der Waals surface area contributed by atoms with E-state index in [1.807, 2.05) is 6.07 Å². The fourth-order valence-electron chi connectivity index (χ4n) is 3.68. The summed E-state index contributed by atoms with van der Waals surface area (Å²) in [5.74, 6) is 1.54. The Hall–Kier alpha value is -2.08. The molecule has 0 amide bonds. The van der Waals surface area contributed by atoms with Gasteiger partial charge in [-0.25, -0.2) is 0 Å². The first-order chi connectivity index (χ1) is 13.7. The molecular formula is C23H33N3O2. The third-order valence-corrected chi connectivity index (χ3v) is 5.43. The fourth-order valence-corrected chi connectivity index (χ4v) is 3.68. The van der Waals surface area contributed by atoms with E-state index in [-0.39, 0.29) is 0 Å². The van der Waals surface area contributed by atoms with Gasteiger partial charge in [0.25, 0.3) is 0 Å². The zero-order chi connectivity index (χ0) is 19.8. The molecule has 0 radical (unpaired) electrons. The van der Waals surface area contributed by atoms with E-state index >= 15 is 0 Å². The number of ether oxygens (including phenoxy) is 2. The van der Waals surface area contributed by atoms with Gasteiger partial charge < -0.3 is 24.6 Å². The van der Waals surface area contributed by atoms with Crippen LogP contribution in [0.5, 0.6) is 11.5 Å². The van der Waals surface area contributed by atoms with Crippen molar-refractivity contribution < 1.29 is 9.47 Å². The Balaban J connectivity index is 1.60. The highest BCUT2D eigenvalue weighted by Crippen LogP contribution is 2.35. The minimum absolute atomic E-state index is 0.764. The number of piperazine rings is 1. The molecular weight excluding hydrogens is 350 g/mol. The summed E-state index contributed by atoms with van der Waals surface area (Å²) < 4.78 is 11.0. The average molecular weight is 384 g/mol. The van der Waals surface area contributed by atoms with Crippen molar-refractivity contribution in [2.75, 3.05) is 60.5 Å². The highest BCUT2D eigenvalue weighted by molar-refractivity contribution is 5.71. The quantitative estimate of drug-likeness (QED) is 0.674. The summed E-state index contributed by atoms with van der Waals surface area (Å²) in [7, 11) is 5.57. The second-order valence-electron chi connectivity index (χ2n) is 7.41. The molecule has 2 aromatic carbocycles. The normalized spacial score (nSPS) is 15.5. The minimum Gasteiger partial charge on any atom is -0.493 e. The first-order valence-electron chi connectivity index (χ1n) is 10.1. The van der Waals surface area contributed by atoms with Gasteiger partial charge in [0.05, 0.1) is 14.2 Å². The van der Waals surface area contributed by atoms with Gasteiger partial charge in [0.1, 0.15) is 0 Å². The van der Waals surface area contributed by atoms with E-state index in [0.717, 1.165) is 37.6 Å². The molecule has 1 aliphatic rings. The molecule has 28 heavy (non-hydrogen) atoms. The van der Waals surface area contributed by atoms with Crippen molar-refractivity contribution in [1.82, 2.24) is 15.1 Å². The Morgan fingerprint density at radius 3 is 2.29 bits per heavy atom. The standard InChI is InChI=1S/C23H33N3O2/c1-25-12-14-26(15-13-25)11-7-10-24-18-20-16-22(27-2)23(28-3)17-21(20)19-8-5-4-6-9-19/h4-6,8-9,16-17,24H,7,10-15,18H2,1-3H3. The van der Waals surface area contributed by atoms with Crippen molar-refractivity contribution in [2.24, 2.45) is 0 Å². The van der Waals surface area contributed by atoms with Crippen LogP contribution in [-0.2, 0) is 6.54 Å². The number of nitrogens with zero attached hydrogens (tertiary/aromatic N) is 2. The Morgan fingerprint density at radius 1 is 0.929 bits per heavy atom. The molecule has 1 fully saturated rings. The van der Waals surface area contributed by atoms with Crippen LogP contribution in [0.2, 0.25) is 0 Å². The van der Waals surface area contributed by atoms with Gasteiger partial charge in [-0.3, -0.25) is 0 Å². The Kier molecular flexibility index (Phi) is 7.71. The molecule has 0 aromatic heterocycles. The van der Waals surface area contributed by atoms with E-state index in [9.17, 15) is 0 Å². The summed E-state index contributed by atoms with van der Waals surface area (Å²) in [5, 5.41) is 3.62. The zero-order valence-corrected chi connectivity index (χ0v) is 17.4. The van der Waals surface area contributed by atoms with Crippen LogP contribution >= 0.6 is 0 Å². The van der Waals surface area contributed by atoms with Crippen molar-refractivity contribution in [3.8, 4) is 22.6 Å². The highest BCUT2D eigenvalue weighted by atomic mass is 16.5. The monoisotopic (exact) mass is 383 g/mol. The van der Waals surface area contributed by atoms with Gasteiger partial charge in [0.2, 0.25) is 0 Å². The Morgan fingerprint density at radius 2 is 1.61 bits per heavy atom. The predicted octanol–water partition coefficient (Wildman–Crippen LogP) is 3.10. The van der Waals surface area contributed by atoms with Gasteiger partial charge in [0.15, 0.2) is 11.5 Å². The van der Waals surface area contributed by atoms with E-state index in [2.05, 4.69) is 58.6 Å². The van der Waals surface area contributed by atoms with Crippen LogP contribution in [0, 0.1) is 0 Å². The summed E-state index contributed by atoms with van der Waals surface area (Å²) in [6.07, 6.45) is 1.16. The van der Waals surface area contributed by atoms with E-state index < -0.39 is 0 Å². The fraction of sp³-hybridized carbons (Fsp3) is 0.478. The molecule has 0 bridgehead atoms. The van der Waals surface area contributed by atoms with Gasteiger partial charge in [-0.1, -0.05) is 30.3 Å². The maximum Gasteiger partial charge on any atom is 0.161 e. The summed E-state index contributed by atoms with van der Waals surface area (Å²) in [6.45, 7) is 7.72. The molecule has 5 heteroatoms. The highest BCUT2D eigenvalue weighted by Gasteiger charge is 2.14. The van der Waals surface area contributed by atoms with Crippen molar-refractivity contribution >= 4 is 0 Å². The molecule has 2 aromatic rings. The number of benzene rings is 2. The average Bonchev–Trinajstić information content (AvgIpc) is 2.75. The van der Waals surface area contributed by atoms with Gasteiger partial charge in [0, 0.05) is 32.7 Å². The molecule has 0 unspecified atom stereocenters. The minimum atomic E-state index is 0.764. The number of hydrogen-bond acceptors (Lipinski definition) is 5. The van der Waals surface area contributed by atoms with Gasteiger partial charge in [-0.2, -0.15) is 0 Å². The molecule has 0 aliphatic carbocycles. The van der Waals surface area contributed by atoms with E-state index in [1.54, 1.807) is 14.2 Å². The number of nitrogens with one attached hydrogen (secondary N) is 1. The predicted molar refractivity (Wildman–Crippen MR) is 115 cm³/mol. The van der Waals surface area contributed by atoms with Crippen LogP contribution < -0.4 is 14.8 Å². The number of hydrogen-bond donors (Lipinski definition) is 1. The Bertz CT molecular complexity index is 728. The van der Waals surface area contributed by atoms with E-state index in [4.69, 9.17) is 9.47 Å². The third kappa shape index (κ3) is 5.47. The SMILES string of the molecule is COc1cc(CNCCCN2CCN(C)CC2)c(-c2ccccc2)cc1OC. The van der Waals surface area contributed by atoms with Gasteiger partial charge in [-0.15, -0.1) is 0 Å². The number of likely N-dealkylation sites (N-methyl/N-ethyl adjacent to an activating group) is 1. The van der Waals surface area contributed by atoms with Crippen molar-refractivity contribution in [3.05, 3.63) is 48.0 Å². The molecule has 5 nitrogen and oxygen atoms in total. The molecule has 3 rings (SSSR count). The smallest absolute Gasteiger partial charge is 0.161 e. The maximum absolute atomic E-state index is 5.52. The maximum atomic E-state index is 5.52. The summed E-state index contributed by atoms with van der Waals surface area (Å²) in [6, 6.07) is 14.6. The summed E-state index contributed by atoms with van der Waals surface area (Å²) >= 11 is 0. The molecule has 1 heterocycles. The van der Waals surface area contributed by atoms with Gasteiger partial charge in [-0.05, 0) is 55.4 Å². The molecule has 1 N–H and O–H groups in total. The second-order valence-corrected chi connectivity index (χ2v) is 7.41. The zero-order valence-electron chi connectivity index (χ0n) is 17.4. The van der Waals surface area contributed by atoms with Crippen molar-refractivity contribution in [1.29, 1.82) is 0 Å². The Labute approximate surface area is 169 Å². The van der Waals surface area contributed by atoms with Crippen LogP contribution in [0.25, 0.3) is 11.1 Å². The lowest BCUT2D eigenvalue weighted by Gasteiger charge is -2.32. The second kappa shape index (κ2) is 10.5. The lowest BCUT2D eigenvalue weighted by atomic mass is 9.98. The number of methoxy groups -OCH3 is 2. The molecule has 152 valence electrons. The third-order valence-electron chi connectivity index (χ3n) is 5.43. The number of rotatable bonds is 9. The van der Waals surface area contributed by atoms with Crippen LogP contribution in [0.15, 0.2) is 42.5 Å². The van der Waals surface area contributed by atoms with Gasteiger partial charge >= 0.3 is 0 Å². The largest absolute Gasteiger partial charge is 0.493 e. The lowest BCUT2D eigenvalue weighted by molar-refractivity contribution is 0.153. The molecule has 1 aliphatic heterocycles. The van der Waals surface area contributed by atoms with E-state index in [1.165, 1.54) is 42.9 Å². The van der Waals surface area contributed by atoms with Crippen molar-refractivity contribution in [3.63, 3.8) is 0 Å². The first kappa shape index (κ1) is 20.6. The molecule has 1 saturated heterocycles. The topological polar surface area (TPSA) is 37.0 Å². The van der Waals surface area contributed by atoms with Crippen LogP contribution in [-0.4, -0.2) is 70.3 Å². The van der Waals surface area contributed by atoms with Crippen LogP contribution in [0.3, 0.4) is 0 Å². The summed E-state index contributed by atoms with van der Waals surface area (Å²) in [4.78, 5) is 4.96. The lowest BCUT2D eigenvalue weighted by Crippen LogP contribution is -2.45. The molecule has 0 spiro atoms.